The van der Waals surface area contributed by atoms with Crippen molar-refractivity contribution < 1.29 is 9.59 Å². The highest BCUT2D eigenvalue weighted by molar-refractivity contribution is 7.18. The molecule has 8 heteroatoms. The smallest absolute Gasteiger partial charge is 0.253 e. The van der Waals surface area contributed by atoms with E-state index in [2.05, 4.69) is 9.97 Å². The predicted octanol–water partition coefficient (Wildman–Crippen LogP) is 5.45. The molecule has 0 spiro atoms. The molecule has 0 saturated carbocycles. The summed E-state index contributed by atoms with van der Waals surface area (Å²) in [5.74, 6) is -0.220. The lowest BCUT2D eigenvalue weighted by Crippen LogP contribution is -2.27. The van der Waals surface area contributed by atoms with Crippen molar-refractivity contribution in [3.63, 3.8) is 0 Å². The van der Waals surface area contributed by atoms with Gasteiger partial charge in [-0.1, -0.05) is 24.3 Å². The van der Waals surface area contributed by atoms with Crippen LogP contribution in [-0.2, 0) is 13.1 Å². The molecule has 2 aromatic heterocycles. The summed E-state index contributed by atoms with van der Waals surface area (Å²) < 4.78 is 2.22. The number of hydrogen-bond acceptors (Lipinski definition) is 6. The van der Waals surface area contributed by atoms with Gasteiger partial charge in [0.1, 0.15) is 10.0 Å². The highest BCUT2D eigenvalue weighted by atomic mass is 32.1. The van der Waals surface area contributed by atoms with Crippen molar-refractivity contribution in [3.05, 3.63) is 93.9 Å². The molecule has 0 fully saturated rings. The number of nitrogens with zero attached hydrogens (tertiary/aromatic N) is 4. The second-order valence-corrected chi connectivity index (χ2v) is 10.3. The minimum Gasteiger partial charge on any atom is -0.335 e. The van der Waals surface area contributed by atoms with Crippen molar-refractivity contribution in [1.29, 1.82) is 0 Å². The highest BCUT2D eigenvalue weighted by Crippen LogP contribution is 2.24. The van der Waals surface area contributed by atoms with Crippen molar-refractivity contribution in [3.8, 4) is 0 Å². The second-order valence-electron chi connectivity index (χ2n) is 8.05. The summed E-state index contributed by atoms with van der Waals surface area (Å²) >= 11 is 3.18. The molecule has 0 bridgehead atoms. The maximum atomic E-state index is 12.9. The van der Waals surface area contributed by atoms with Crippen LogP contribution < -0.4 is 0 Å². The van der Waals surface area contributed by atoms with Gasteiger partial charge in [-0.3, -0.25) is 9.59 Å². The van der Waals surface area contributed by atoms with Crippen molar-refractivity contribution in [2.45, 2.75) is 13.1 Å². The Morgan fingerprint density at radius 3 is 1.41 bits per heavy atom. The molecule has 0 unspecified atom stereocenters. The van der Waals surface area contributed by atoms with Gasteiger partial charge in [0.05, 0.1) is 33.5 Å². The zero-order valence-corrected chi connectivity index (χ0v) is 20.4. The van der Waals surface area contributed by atoms with E-state index in [-0.39, 0.29) is 11.8 Å². The summed E-state index contributed by atoms with van der Waals surface area (Å²) in [5.41, 5.74) is 2.96. The fraction of sp³-hybridized carbons (Fsp3) is 0.154. The quantitative estimate of drug-likeness (QED) is 0.320. The molecule has 170 valence electrons. The molecule has 0 aliphatic carbocycles. The maximum Gasteiger partial charge on any atom is 0.253 e. The van der Waals surface area contributed by atoms with E-state index in [9.17, 15) is 9.59 Å². The summed E-state index contributed by atoms with van der Waals surface area (Å²) in [4.78, 5) is 38.3. The third-order valence-electron chi connectivity index (χ3n) is 5.49. The molecule has 6 nitrogen and oxygen atoms in total. The van der Waals surface area contributed by atoms with Crippen molar-refractivity contribution >= 4 is 54.9 Å². The first-order valence-electron chi connectivity index (χ1n) is 10.8. The molecule has 0 aliphatic heterocycles. The van der Waals surface area contributed by atoms with E-state index in [1.807, 2.05) is 48.5 Å². The van der Waals surface area contributed by atoms with Crippen LogP contribution in [-0.4, -0.2) is 45.7 Å². The van der Waals surface area contributed by atoms with Crippen LogP contribution in [0, 0.1) is 0 Å². The number of benzene rings is 3. The molecule has 0 saturated heterocycles. The molecule has 0 atom stereocenters. The summed E-state index contributed by atoms with van der Waals surface area (Å²) in [6, 6.07) is 22.7. The lowest BCUT2D eigenvalue weighted by Gasteiger charge is -2.17. The molecule has 2 amide bonds. The van der Waals surface area contributed by atoms with E-state index in [4.69, 9.17) is 0 Å². The van der Waals surface area contributed by atoms with E-state index in [0.29, 0.717) is 24.2 Å². The Labute approximate surface area is 205 Å². The van der Waals surface area contributed by atoms with Crippen molar-refractivity contribution in [2.24, 2.45) is 0 Å². The van der Waals surface area contributed by atoms with E-state index >= 15 is 0 Å². The van der Waals surface area contributed by atoms with Crippen LogP contribution in [0.2, 0.25) is 0 Å². The molecular weight excluding hydrogens is 464 g/mol. The number of rotatable bonds is 6. The van der Waals surface area contributed by atoms with Gasteiger partial charge >= 0.3 is 0 Å². The first kappa shape index (κ1) is 22.2. The molecule has 34 heavy (non-hydrogen) atoms. The van der Waals surface area contributed by atoms with Crippen LogP contribution in [0.5, 0.6) is 0 Å². The molecule has 5 rings (SSSR count). The topological polar surface area (TPSA) is 66.4 Å². The Balaban J connectivity index is 1.23. The third kappa shape index (κ3) is 4.55. The lowest BCUT2D eigenvalue weighted by atomic mass is 10.1. The lowest BCUT2D eigenvalue weighted by molar-refractivity contribution is 0.0773. The fourth-order valence-corrected chi connectivity index (χ4v) is 5.76. The molecular formula is C26H22N4O2S2. The molecule has 3 aromatic carbocycles. The molecule has 0 radical (unpaired) electrons. The van der Waals surface area contributed by atoms with E-state index in [0.717, 1.165) is 30.4 Å². The van der Waals surface area contributed by atoms with E-state index in [1.54, 1.807) is 70.8 Å². The Morgan fingerprint density at radius 1 is 0.647 bits per heavy atom. The monoisotopic (exact) mass is 486 g/mol. The maximum absolute atomic E-state index is 12.9. The van der Waals surface area contributed by atoms with Gasteiger partial charge in [-0.05, 0) is 48.5 Å². The van der Waals surface area contributed by atoms with Gasteiger partial charge < -0.3 is 9.80 Å². The van der Waals surface area contributed by atoms with Crippen LogP contribution in [0.3, 0.4) is 0 Å². The van der Waals surface area contributed by atoms with Crippen LogP contribution in [0.4, 0.5) is 0 Å². The average Bonchev–Trinajstić information content (AvgIpc) is 3.45. The molecule has 0 N–H and O–H groups in total. The van der Waals surface area contributed by atoms with Gasteiger partial charge in [-0.15, -0.1) is 22.7 Å². The standard InChI is InChI=1S/C26H22N4O2S2/c1-29(15-23-27-19-7-3-5-9-21(19)33-23)25(31)17-11-13-18(14-12-17)26(32)30(2)16-24-28-20-8-4-6-10-22(20)34-24/h3-14H,15-16H2,1-2H3. The molecule has 0 aliphatic rings. The van der Waals surface area contributed by atoms with Gasteiger partial charge in [0, 0.05) is 25.2 Å². The Morgan fingerprint density at radius 2 is 1.03 bits per heavy atom. The van der Waals surface area contributed by atoms with Crippen LogP contribution in [0.15, 0.2) is 72.8 Å². The van der Waals surface area contributed by atoms with Crippen LogP contribution >= 0.6 is 22.7 Å². The SMILES string of the molecule is CN(Cc1nc2ccccc2s1)C(=O)c1ccc(C(=O)N(C)Cc2nc3ccccc3s2)cc1. The number of amides is 2. The predicted molar refractivity (Wildman–Crippen MR) is 137 cm³/mol. The summed E-state index contributed by atoms with van der Waals surface area (Å²) in [5, 5.41) is 1.78. The van der Waals surface area contributed by atoms with Crippen molar-refractivity contribution in [1.82, 2.24) is 19.8 Å². The minimum atomic E-state index is -0.110. The number of para-hydroxylation sites is 2. The van der Waals surface area contributed by atoms with Gasteiger partial charge in [0.25, 0.3) is 11.8 Å². The number of carbonyl (C=O) groups excluding carboxylic acids is 2. The largest absolute Gasteiger partial charge is 0.335 e. The average molecular weight is 487 g/mol. The zero-order valence-electron chi connectivity index (χ0n) is 18.8. The van der Waals surface area contributed by atoms with Gasteiger partial charge in [0.2, 0.25) is 0 Å². The number of carbonyl (C=O) groups is 2. The van der Waals surface area contributed by atoms with Gasteiger partial charge in [-0.25, -0.2) is 9.97 Å². The minimum absolute atomic E-state index is 0.110. The normalized spacial score (nSPS) is 11.1. The van der Waals surface area contributed by atoms with Crippen LogP contribution in [0.1, 0.15) is 30.7 Å². The van der Waals surface area contributed by atoms with Crippen molar-refractivity contribution in [2.75, 3.05) is 14.1 Å². The third-order valence-corrected chi connectivity index (χ3v) is 7.54. The van der Waals surface area contributed by atoms with E-state index < -0.39 is 0 Å². The summed E-state index contributed by atoms with van der Waals surface area (Å²) in [6.45, 7) is 0.869. The number of fused-ring (bicyclic) bond motifs is 2. The fourth-order valence-electron chi connectivity index (χ4n) is 3.72. The van der Waals surface area contributed by atoms with Gasteiger partial charge in [0.15, 0.2) is 0 Å². The summed E-state index contributed by atoms with van der Waals surface area (Å²) in [7, 11) is 3.53. The number of hydrogen-bond donors (Lipinski definition) is 0. The van der Waals surface area contributed by atoms with E-state index in [1.165, 1.54) is 0 Å². The van der Waals surface area contributed by atoms with Gasteiger partial charge in [-0.2, -0.15) is 0 Å². The first-order chi connectivity index (χ1) is 16.5. The number of aromatic nitrogens is 2. The second kappa shape index (κ2) is 9.32. The first-order valence-corrected chi connectivity index (χ1v) is 12.4. The number of thiazole rings is 2. The Bertz CT molecular complexity index is 1310. The Hall–Kier alpha value is -3.62. The molecule has 5 aromatic rings. The summed E-state index contributed by atoms with van der Waals surface area (Å²) in [6.07, 6.45) is 0. The highest BCUT2D eigenvalue weighted by Gasteiger charge is 2.17. The van der Waals surface area contributed by atoms with Crippen LogP contribution in [0.25, 0.3) is 20.4 Å². The zero-order chi connectivity index (χ0) is 23.7. The Kier molecular flexibility index (Phi) is 6.08. The molecule has 2 heterocycles.